The monoisotopic (exact) mass is 427 g/mol. The molecule has 2 aromatic carbocycles. The summed E-state index contributed by atoms with van der Waals surface area (Å²) in [6.45, 7) is 1.74. The summed E-state index contributed by atoms with van der Waals surface area (Å²) in [4.78, 5) is 28.5. The second-order valence-corrected chi connectivity index (χ2v) is 6.23. The lowest BCUT2D eigenvalue weighted by atomic mass is 10.2. The molecule has 0 aliphatic rings. The van der Waals surface area contributed by atoms with E-state index in [0.717, 1.165) is 18.2 Å². The quantitative estimate of drug-likeness (QED) is 0.521. The smallest absolute Gasteiger partial charge is 0.342 e. The van der Waals surface area contributed by atoms with Crippen molar-refractivity contribution in [3.05, 3.63) is 78.0 Å². The standard InChI is InChI=1S/C22H19F2N3O4/c1-2-30-16-8-6-15(7-9-16)26-21-17(4-3-11-25-21)22(29)31-13-20(28)27-19-12-14(23)5-10-18(19)24/h3-12H,2,13H2,1H3,(H,25,26)(H,27,28). The molecule has 1 heterocycles. The number of nitrogens with one attached hydrogen (secondary N) is 2. The zero-order valence-electron chi connectivity index (χ0n) is 16.5. The number of anilines is 3. The first-order valence-corrected chi connectivity index (χ1v) is 9.33. The number of amides is 1. The Kier molecular flexibility index (Phi) is 7.10. The largest absolute Gasteiger partial charge is 0.494 e. The van der Waals surface area contributed by atoms with E-state index in [2.05, 4.69) is 15.6 Å². The topological polar surface area (TPSA) is 89.6 Å². The van der Waals surface area contributed by atoms with Crippen molar-refractivity contribution < 1.29 is 27.8 Å². The molecule has 31 heavy (non-hydrogen) atoms. The van der Waals surface area contributed by atoms with Crippen LogP contribution in [0.2, 0.25) is 0 Å². The van der Waals surface area contributed by atoms with Crippen LogP contribution < -0.4 is 15.4 Å². The summed E-state index contributed by atoms with van der Waals surface area (Å²) in [5.41, 5.74) is 0.414. The maximum atomic E-state index is 13.6. The van der Waals surface area contributed by atoms with Crippen LogP contribution in [0.4, 0.5) is 26.0 Å². The number of ether oxygens (including phenoxy) is 2. The third-order valence-electron chi connectivity index (χ3n) is 3.99. The molecule has 1 aromatic heterocycles. The number of aromatic nitrogens is 1. The fourth-order valence-electron chi connectivity index (χ4n) is 2.60. The molecule has 3 rings (SSSR count). The minimum Gasteiger partial charge on any atom is -0.494 e. The number of esters is 1. The molecule has 0 aliphatic heterocycles. The van der Waals surface area contributed by atoms with E-state index in [0.29, 0.717) is 18.0 Å². The first-order valence-electron chi connectivity index (χ1n) is 9.33. The first-order chi connectivity index (χ1) is 15.0. The molecule has 0 bridgehead atoms. The minimum absolute atomic E-state index is 0.0983. The highest BCUT2D eigenvalue weighted by Gasteiger charge is 2.16. The van der Waals surface area contributed by atoms with Gasteiger partial charge in [0.05, 0.1) is 12.3 Å². The zero-order valence-corrected chi connectivity index (χ0v) is 16.5. The molecule has 0 fully saturated rings. The van der Waals surface area contributed by atoms with Gasteiger partial charge in [0.1, 0.15) is 28.8 Å². The van der Waals surface area contributed by atoms with Gasteiger partial charge in [-0.05, 0) is 55.5 Å². The molecule has 160 valence electrons. The Balaban J connectivity index is 1.63. The Morgan fingerprint density at radius 2 is 1.84 bits per heavy atom. The third kappa shape index (κ3) is 5.99. The molecule has 1 amide bonds. The fourth-order valence-corrected chi connectivity index (χ4v) is 2.60. The van der Waals surface area contributed by atoms with Crippen LogP contribution in [-0.4, -0.2) is 30.1 Å². The highest BCUT2D eigenvalue weighted by atomic mass is 19.1. The summed E-state index contributed by atoms with van der Waals surface area (Å²) >= 11 is 0. The summed E-state index contributed by atoms with van der Waals surface area (Å²) < 4.78 is 37.2. The van der Waals surface area contributed by atoms with Crippen LogP contribution >= 0.6 is 0 Å². The molecule has 2 N–H and O–H groups in total. The van der Waals surface area contributed by atoms with Crippen molar-refractivity contribution in [2.75, 3.05) is 23.8 Å². The van der Waals surface area contributed by atoms with E-state index < -0.39 is 30.1 Å². The van der Waals surface area contributed by atoms with Crippen molar-refractivity contribution in [3.8, 4) is 5.75 Å². The van der Waals surface area contributed by atoms with Crippen molar-refractivity contribution in [1.82, 2.24) is 4.98 Å². The Morgan fingerprint density at radius 3 is 2.58 bits per heavy atom. The summed E-state index contributed by atoms with van der Waals surface area (Å²) in [6.07, 6.45) is 1.49. The van der Waals surface area contributed by atoms with E-state index in [-0.39, 0.29) is 17.1 Å². The number of benzene rings is 2. The summed E-state index contributed by atoms with van der Waals surface area (Å²) in [5.74, 6) is -2.22. The molecule has 0 aliphatic carbocycles. The van der Waals surface area contributed by atoms with Gasteiger partial charge < -0.3 is 20.1 Å². The number of hydrogen-bond acceptors (Lipinski definition) is 6. The Labute approximate surface area is 177 Å². The van der Waals surface area contributed by atoms with Gasteiger partial charge in [-0.15, -0.1) is 0 Å². The minimum atomic E-state index is -0.817. The van der Waals surface area contributed by atoms with Gasteiger partial charge in [0.2, 0.25) is 0 Å². The van der Waals surface area contributed by atoms with E-state index in [1.54, 1.807) is 30.3 Å². The van der Waals surface area contributed by atoms with Gasteiger partial charge in [-0.1, -0.05) is 0 Å². The van der Waals surface area contributed by atoms with E-state index in [9.17, 15) is 18.4 Å². The molecule has 7 nitrogen and oxygen atoms in total. The van der Waals surface area contributed by atoms with E-state index in [4.69, 9.17) is 9.47 Å². The highest BCUT2D eigenvalue weighted by molar-refractivity contribution is 5.98. The molecule has 0 saturated heterocycles. The summed E-state index contributed by atoms with van der Waals surface area (Å²) in [6, 6.07) is 12.7. The number of halogens is 2. The number of carbonyl (C=O) groups excluding carboxylic acids is 2. The fraction of sp³-hybridized carbons (Fsp3) is 0.136. The van der Waals surface area contributed by atoms with Crippen LogP contribution in [0, 0.1) is 11.6 Å². The Morgan fingerprint density at radius 1 is 1.06 bits per heavy atom. The van der Waals surface area contributed by atoms with Crippen LogP contribution in [-0.2, 0) is 9.53 Å². The number of rotatable bonds is 8. The molecule has 0 saturated carbocycles. The van der Waals surface area contributed by atoms with Crippen LogP contribution in [0.5, 0.6) is 5.75 Å². The van der Waals surface area contributed by atoms with Gasteiger partial charge in [0.15, 0.2) is 6.61 Å². The molecule has 0 unspecified atom stereocenters. The normalized spacial score (nSPS) is 10.3. The average Bonchev–Trinajstić information content (AvgIpc) is 2.76. The summed E-state index contributed by atoms with van der Waals surface area (Å²) in [7, 11) is 0. The van der Waals surface area contributed by atoms with Crippen molar-refractivity contribution >= 4 is 29.1 Å². The molecule has 9 heteroatoms. The van der Waals surface area contributed by atoms with Crippen LogP contribution in [0.1, 0.15) is 17.3 Å². The average molecular weight is 427 g/mol. The van der Waals surface area contributed by atoms with Gasteiger partial charge in [0.25, 0.3) is 5.91 Å². The number of hydrogen-bond donors (Lipinski definition) is 2. The third-order valence-corrected chi connectivity index (χ3v) is 3.99. The van der Waals surface area contributed by atoms with Crippen LogP contribution in [0.3, 0.4) is 0 Å². The van der Waals surface area contributed by atoms with E-state index >= 15 is 0 Å². The number of nitrogens with zero attached hydrogens (tertiary/aromatic N) is 1. The van der Waals surface area contributed by atoms with Crippen molar-refractivity contribution in [1.29, 1.82) is 0 Å². The molecular formula is C22H19F2N3O4. The van der Waals surface area contributed by atoms with Crippen LogP contribution in [0.25, 0.3) is 0 Å². The zero-order chi connectivity index (χ0) is 22.2. The lowest BCUT2D eigenvalue weighted by Gasteiger charge is -2.12. The van der Waals surface area contributed by atoms with Gasteiger partial charge in [-0.3, -0.25) is 4.79 Å². The van der Waals surface area contributed by atoms with E-state index in [1.807, 2.05) is 6.92 Å². The number of carbonyl (C=O) groups is 2. The lowest BCUT2D eigenvalue weighted by molar-refractivity contribution is -0.119. The predicted molar refractivity (Wildman–Crippen MR) is 110 cm³/mol. The van der Waals surface area contributed by atoms with Crippen molar-refractivity contribution in [2.45, 2.75) is 6.92 Å². The van der Waals surface area contributed by atoms with Gasteiger partial charge in [-0.2, -0.15) is 0 Å². The SMILES string of the molecule is CCOc1ccc(Nc2ncccc2C(=O)OCC(=O)Nc2cc(F)ccc2F)cc1. The summed E-state index contributed by atoms with van der Waals surface area (Å²) in [5, 5.41) is 5.16. The lowest BCUT2D eigenvalue weighted by Crippen LogP contribution is -2.22. The Hall–Kier alpha value is -4.01. The molecule has 3 aromatic rings. The maximum absolute atomic E-state index is 13.6. The van der Waals surface area contributed by atoms with Gasteiger partial charge in [-0.25, -0.2) is 18.6 Å². The van der Waals surface area contributed by atoms with E-state index in [1.165, 1.54) is 12.3 Å². The van der Waals surface area contributed by atoms with Gasteiger partial charge >= 0.3 is 5.97 Å². The second kappa shape index (κ2) is 10.1. The van der Waals surface area contributed by atoms with Crippen LogP contribution in [0.15, 0.2) is 60.8 Å². The molecule has 0 spiro atoms. The Bertz CT molecular complexity index is 1070. The van der Waals surface area contributed by atoms with Crippen molar-refractivity contribution in [3.63, 3.8) is 0 Å². The molecular weight excluding hydrogens is 408 g/mol. The number of pyridine rings is 1. The maximum Gasteiger partial charge on any atom is 0.342 e. The van der Waals surface area contributed by atoms with Crippen molar-refractivity contribution in [2.24, 2.45) is 0 Å². The van der Waals surface area contributed by atoms with Gasteiger partial charge in [0, 0.05) is 18.0 Å². The molecule has 0 radical (unpaired) electrons. The highest BCUT2D eigenvalue weighted by Crippen LogP contribution is 2.22. The molecule has 0 atom stereocenters. The first kappa shape index (κ1) is 21.7. The predicted octanol–water partition coefficient (Wildman–Crippen LogP) is 4.30. The second-order valence-electron chi connectivity index (χ2n) is 6.23.